The molecule has 1 fully saturated rings. The number of hydrogen-bond donors (Lipinski definition) is 3. The van der Waals surface area contributed by atoms with E-state index in [0.717, 1.165) is 44.9 Å². The monoisotopic (exact) mass is 352 g/mol. The minimum atomic E-state index is -0.754. The first-order valence-corrected chi connectivity index (χ1v) is 9.86. The van der Waals surface area contributed by atoms with Crippen molar-refractivity contribution < 1.29 is 20.1 Å². The van der Waals surface area contributed by atoms with E-state index in [9.17, 15) is 15.0 Å². The SMILES string of the molecule is CCCCC[C@H](O)C=C[C@@H]1[C@@H](CC=CCCCC(=O)O)[C@@H](O)C[C@H]1C. The average molecular weight is 353 g/mol. The van der Waals surface area contributed by atoms with E-state index in [4.69, 9.17) is 5.11 Å². The van der Waals surface area contributed by atoms with Crippen molar-refractivity contribution >= 4 is 5.97 Å². The van der Waals surface area contributed by atoms with E-state index in [1.807, 2.05) is 12.2 Å². The van der Waals surface area contributed by atoms with Crippen LogP contribution in [0, 0.1) is 17.8 Å². The summed E-state index contributed by atoms with van der Waals surface area (Å²) in [7, 11) is 0. The summed E-state index contributed by atoms with van der Waals surface area (Å²) in [6, 6.07) is 0. The number of aliphatic hydroxyl groups is 2. The minimum Gasteiger partial charge on any atom is -0.481 e. The first kappa shape index (κ1) is 21.9. The van der Waals surface area contributed by atoms with E-state index >= 15 is 0 Å². The van der Waals surface area contributed by atoms with Crippen molar-refractivity contribution in [3.8, 4) is 0 Å². The number of carboxylic acids is 1. The quantitative estimate of drug-likeness (QED) is 0.361. The predicted molar refractivity (Wildman–Crippen MR) is 101 cm³/mol. The molecule has 1 saturated carbocycles. The van der Waals surface area contributed by atoms with Crippen molar-refractivity contribution in [3.05, 3.63) is 24.3 Å². The largest absolute Gasteiger partial charge is 0.481 e. The number of aliphatic carboxylic acids is 1. The Kier molecular flexibility index (Phi) is 10.7. The number of unbranched alkanes of at least 4 members (excludes halogenated alkanes) is 3. The molecule has 25 heavy (non-hydrogen) atoms. The van der Waals surface area contributed by atoms with Crippen molar-refractivity contribution in [1.82, 2.24) is 0 Å². The summed E-state index contributed by atoms with van der Waals surface area (Å²) in [5, 5.41) is 29.0. The first-order valence-electron chi connectivity index (χ1n) is 9.86. The van der Waals surface area contributed by atoms with Crippen LogP contribution in [0.4, 0.5) is 0 Å². The van der Waals surface area contributed by atoms with Gasteiger partial charge in [0.25, 0.3) is 0 Å². The van der Waals surface area contributed by atoms with Gasteiger partial charge in [-0.1, -0.05) is 57.4 Å². The second-order valence-electron chi connectivity index (χ2n) is 7.46. The molecule has 0 saturated heterocycles. The molecule has 1 rings (SSSR count). The van der Waals surface area contributed by atoms with Gasteiger partial charge in [0.2, 0.25) is 0 Å². The second kappa shape index (κ2) is 12.3. The molecule has 0 unspecified atom stereocenters. The van der Waals surface area contributed by atoms with Gasteiger partial charge in [-0.15, -0.1) is 0 Å². The molecule has 0 aliphatic heterocycles. The molecule has 1 aliphatic carbocycles. The maximum Gasteiger partial charge on any atom is 0.303 e. The third kappa shape index (κ3) is 8.68. The summed E-state index contributed by atoms with van der Waals surface area (Å²) >= 11 is 0. The molecule has 0 aromatic carbocycles. The van der Waals surface area contributed by atoms with Crippen molar-refractivity contribution in [2.45, 2.75) is 83.8 Å². The van der Waals surface area contributed by atoms with Crippen LogP contribution >= 0.6 is 0 Å². The molecule has 0 aromatic rings. The zero-order valence-corrected chi connectivity index (χ0v) is 15.8. The molecule has 0 aromatic heterocycles. The molecule has 4 heteroatoms. The van der Waals surface area contributed by atoms with Crippen LogP contribution < -0.4 is 0 Å². The summed E-state index contributed by atoms with van der Waals surface area (Å²) in [5.41, 5.74) is 0. The fraction of sp³-hybridized carbons (Fsp3) is 0.762. The fourth-order valence-corrected chi connectivity index (χ4v) is 3.74. The lowest BCUT2D eigenvalue weighted by Gasteiger charge is -2.20. The summed E-state index contributed by atoms with van der Waals surface area (Å²) in [6.07, 6.45) is 14.8. The normalized spacial score (nSPS) is 28.2. The van der Waals surface area contributed by atoms with Crippen LogP contribution in [0.1, 0.15) is 71.6 Å². The Morgan fingerprint density at radius 2 is 2.00 bits per heavy atom. The average Bonchev–Trinajstić information content (AvgIpc) is 2.82. The minimum absolute atomic E-state index is 0.185. The molecule has 4 nitrogen and oxygen atoms in total. The third-order valence-corrected chi connectivity index (χ3v) is 5.25. The lowest BCUT2D eigenvalue weighted by molar-refractivity contribution is -0.137. The number of carboxylic acid groups (broad SMARTS) is 1. The van der Waals surface area contributed by atoms with Gasteiger partial charge in [-0.25, -0.2) is 0 Å². The lowest BCUT2D eigenvalue weighted by Crippen LogP contribution is -2.18. The Hall–Kier alpha value is -1.13. The van der Waals surface area contributed by atoms with Gasteiger partial charge in [0.1, 0.15) is 0 Å². The summed E-state index contributed by atoms with van der Waals surface area (Å²) < 4.78 is 0. The molecule has 0 amide bonds. The summed E-state index contributed by atoms with van der Waals surface area (Å²) in [6.45, 7) is 4.32. The topological polar surface area (TPSA) is 77.8 Å². The number of hydrogen-bond acceptors (Lipinski definition) is 3. The molecular weight excluding hydrogens is 316 g/mol. The van der Waals surface area contributed by atoms with Crippen molar-refractivity contribution in [2.24, 2.45) is 17.8 Å². The predicted octanol–water partition coefficient (Wildman–Crippen LogP) is 4.32. The Morgan fingerprint density at radius 3 is 2.68 bits per heavy atom. The van der Waals surface area contributed by atoms with Gasteiger partial charge in [0, 0.05) is 6.42 Å². The highest BCUT2D eigenvalue weighted by Crippen LogP contribution is 2.40. The Labute approximate surface area is 152 Å². The highest BCUT2D eigenvalue weighted by molar-refractivity contribution is 5.66. The standard InChI is InChI=1S/C21H36O4/c1-3-4-7-10-17(22)13-14-18-16(2)15-20(23)19(18)11-8-5-6-9-12-21(24)25/h5,8,13-14,16-20,22-23H,3-4,6-7,9-12,15H2,1-2H3,(H,24,25)/t16-,17+,18+,19-,20+/m1/s1. The zero-order chi connectivity index (χ0) is 18.7. The third-order valence-electron chi connectivity index (χ3n) is 5.25. The Bertz CT molecular complexity index is 430. The molecular formula is C21H36O4. The zero-order valence-electron chi connectivity index (χ0n) is 15.8. The molecule has 0 bridgehead atoms. The molecule has 0 radical (unpaired) electrons. The van der Waals surface area contributed by atoms with E-state index in [0.29, 0.717) is 18.3 Å². The van der Waals surface area contributed by atoms with E-state index in [1.54, 1.807) is 0 Å². The van der Waals surface area contributed by atoms with Gasteiger partial charge in [0.15, 0.2) is 0 Å². The number of carbonyl (C=O) groups is 1. The van der Waals surface area contributed by atoms with Crippen LogP contribution in [0.2, 0.25) is 0 Å². The molecule has 3 N–H and O–H groups in total. The second-order valence-corrected chi connectivity index (χ2v) is 7.46. The van der Waals surface area contributed by atoms with Crippen LogP contribution in [0.5, 0.6) is 0 Å². The van der Waals surface area contributed by atoms with Crippen molar-refractivity contribution in [3.63, 3.8) is 0 Å². The van der Waals surface area contributed by atoms with Gasteiger partial charge < -0.3 is 15.3 Å². The highest BCUT2D eigenvalue weighted by Gasteiger charge is 2.37. The van der Waals surface area contributed by atoms with E-state index in [2.05, 4.69) is 26.0 Å². The van der Waals surface area contributed by atoms with E-state index in [1.165, 1.54) is 0 Å². The highest BCUT2D eigenvalue weighted by atomic mass is 16.4. The number of allylic oxidation sites excluding steroid dienone is 3. The van der Waals surface area contributed by atoms with Crippen molar-refractivity contribution in [2.75, 3.05) is 0 Å². The fourth-order valence-electron chi connectivity index (χ4n) is 3.74. The van der Waals surface area contributed by atoms with Crippen LogP contribution in [-0.4, -0.2) is 33.5 Å². The van der Waals surface area contributed by atoms with E-state index in [-0.39, 0.29) is 24.5 Å². The number of rotatable bonds is 12. The molecule has 144 valence electrons. The molecule has 0 heterocycles. The lowest BCUT2D eigenvalue weighted by atomic mass is 9.86. The van der Waals surface area contributed by atoms with Crippen LogP contribution in [0.25, 0.3) is 0 Å². The Morgan fingerprint density at radius 1 is 1.24 bits per heavy atom. The van der Waals surface area contributed by atoms with Gasteiger partial charge in [-0.05, 0) is 49.9 Å². The smallest absolute Gasteiger partial charge is 0.303 e. The Balaban J connectivity index is 2.46. The van der Waals surface area contributed by atoms with Crippen molar-refractivity contribution in [1.29, 1.82) is 0 Å². The van der Waals surface area contributed by atoms with Crippen LogP contribution in [0.3, 0.4) is 0 Å². The first-order chi connectivity index (χ1) is 12.0. The van der Waals surface area contributed by atoms with Gasteiger partial charge in [-0.3, -0.25) is 4.79 Å². The van der Waals surface area contributed by atoms with Gasteiger partial charge in [-0.2, -0.15) is 0 Å². The maximum absolute atomic E-state index is 10.5. The van der Waals surface area contributed by atoms with Gasteiger partial charge >= 0.3 is 5.97 Å². The van der Waals surface area contributed by atoms with Gasteiger partial charge in [0.05, 0.1) is 12.2 Å². The number of aliphatic hydroxyl groups excluding tert-OH is 2. The summed E-state index contributed by atoms with van der Waals surface area (Å²) in [5.74, 6) is 0.139. The van der Waals surface area contributed by atoms with Crippen LogP contribution in [0.15, 0.2) is 24.3 Å². The maximum atomic E-state index is 10.5. The van der Waals surface area contributed by atoms with Crippen LogP contribution in [-0.2, 0) is 4.79 Å². The molecule has 5 atom stereocenters. The summed E-state index contributed by atoms with van der Waals surface area (Å²) in [4.78, 5) is 10.5. The van der Waals surface area contributed by atoms with E-state index < -0.39 is 5.97 Å². The molecule has 1 aliphatic rings. The molecule has 0 spiro atoms.